The van der Waals surface area contributed by atoms with Gasteiger partial charge in [0.05, 0.1) is 17.7 Å². The molecule has 2 N–H and O–H groups in total. The van der Waals surface area contributed by atoms with Crippen LogP contribution >= 0.6 is 0 Å². The van der Waals surface area contributed by atoms with E-state index in [0.717, 1.165) is 16.8 Å². The summed E-state index contributed by atoms with van der Waals surface area (Å²) in [6.07, 6.45) is -0.0460. The second kappa shape index (κ2) is 9.43. The number of methoxy groups -OCH3 is 1. The lowest BCUT2D eigenvalue weighted by molar-refractivity contribution is 0.0546. The molecule has 29 heavy (non-hydrogen) atoms. The number of aryl methyl sites for hydroxylation is 1. The van der Waals surface area contributed by atoms with Gasteiger partial charge in [-0.2, -0.15) is 0 Å². The standard InChI is InChI=1S/C22H26N2O5/c1-15-8-9-17(12-18(15)21(25)26)24-11-10-19(20(13-24)28-2)23-22(27)29-14-16-6-4-3-5-7-16/h3-9,12,19-20H,10-11,13-14H2,1-2H3,(H,23,27)(H,25,26). The number of hydrogen-bond acceptors (Lipinski definition) is 5. The maximum atomic E-state index is 12.2. The SMILES string of the molecule is COC1CN(c2ccc(C)c(C(=O)O)c2)CCC1NC(=O)OCc1ccccc1. The predicted molar refractivity (Wildman–Crippen MR) is 109 cm³/mol. The third-order valence-electron chi connectivity index (χ3n) is 5.19. The van der Waals surface area contributed by atoms with Crippen molar-refractivity contribution >= 4 is 17.7 Å². The molecule has 0 aliphatic carbocycles. The number of carboxylic acid groups (broad SMARTS) is 1. The Hall–Kier alpha value is -3.06. The highest BCUT2D eigenvalue weighted by molar-refractivity contribution is 5.90. The molecule has 2 aromatic carbocycles. The number of ether oxygens (including phenoxy) is 2. The molecule has 2 aromatic rings. The molecule has 0 aromatic heterocycles. The normalized spacial score (nSPS) is 18.9. The van der Waals surface area contributed by atoms with Crippen molar-refractivity contribution in [3.8, 4) is 0 Å². The Kier molecular flexibility index (Phi) is 6.72. The second-order valence-corrected chi connectivity index (χ2v) is 7.13. The smallest absolute Gasteiger partial charge is 0.407 e. The van der Waals surface area contributed by atoms with E-state index in [9.17, 15) is 14.7 Å². The zero-order chi connectivity index (χ0) is 20.8. The van der Waals surface area contributed by atoms with Gasteiger partial charge in [-0.15, -0.1) is 0 Å². The Balaban J connectivity index is 1.58. The number of carbonyl (C=O) groups excluding carboxylic acids is 1. The highest BCUT2D eigenvalue weighted by atomic mass is 16.5. The van der Waals surface area contributed by atoms with Crippen LogP contribution in [0.4, 0.5) is 10.5 Å². The number of aromatic carboxylic acids is 1. The van der Waals surface area contributed by atoms with Crippen molar-refractivity contribution in [2.75, 3.05) is 25.1 Å². The molecule has 0 bridgehead atoms. The number of nitrogens with zero attached hydrogens (tertiary/aromatic N) is 1. The van der Waals surface area contributed by atoms with E-state index in [-0.39, 0.29) is 18.8 Å². The molecule has 1 amide bonds. The Morgan fingerprint density at radius 2 is 1.97 bits per heavy atom. The third kappa shape index (κ3) is 5.26. The molecule has 1 saturated heterocycles. The topological polar surface area (TPSA) is 88.1 Å². The van der Waals surface area contributed by atoms with Gasteiger partial charge in [-0.3, -0.25) is 0 Å². The first-order chi connectivity index (χ1) is 14.0. The molecule has 2 unspecified atom stereocenters. The largest absolute Gasteiger partial charge is 0.478 e. The van der Waals surface area contributed by atoms with E-state index >= 15 is 0 Å². The number of hydrogen-bond donors (Lipinski definition) is 2. The first-order valence-corrected chi connectivity index (χ1v) is 9.57. The average Bonchev–Trinajstić information content (AvgIpc) is 2.73. The van der Waals surface area contributed by atoms with Gasteiger partial charge in [-0.25, -0.2) is 9.59 Å². The van der Waals surface area contributed by atoms with E-state index in [1.54, 1.807) is 20.1 Å². The third-order valence-corrected chi connectivity index (χ3v) is 5.19. The highest BCUT2D eigenvalue weighted by Crippen LogP contribution is 2.24. The molecule has 1 aliphatic heterocycles. The van der Waals surface area contributed by atoms with Crippen LogP contribution in [0.25, 0.3) is 0 Å². The molecule has 1 aliphatic rings. The summed E-state index contributed by atoms with van der Waals surface area (Å²) in [5.41, 5.74) is 2.78. The molecular weight excluding hydrogens is 372 g/mol. The number of benzene rings is 2. The maximum absolute atomic E-state index is 12.2. The first kappa shape index (κ1) is 20.7. The number of amides is 1. The lowest BCUT2D eigenvalue weighted by Crippen LogP contribution is -2.55. The lowest BCUT2D eigenvalue weighted by Gasteiger charge is -2.39. The van der Waals surface area contributed by atoms with Crippen molar-refractivity contribution in [3.05, 3.63) is 65.2 Å². The Bertz CT molecular complexity index is 856. The van der Waals surface area contributed by atoms with Gasteiger partial charge in [0.25, 0.3) is 0 Å². The summed E-state index contributed by atoms with van der Waals surface area (Å²) in [4.78, 5) is 25.7. The molecule has 0 spiro atoms. The number of nitrogens with one attached hydrogen (secondary N) is 1. The van der Waals surface area contributed by atoms with E-state index in [1.807, 2.05) is 42.5 Å². The van der Waals surface area contributed by atoms with Crippen molar-refractivity contribution < 1.29 is 24.2 Å². The second-order valence-electron chi connectivity index (χ2n) is 7.13. The van der Waals surface area contributed by atoms with Gasteiger partial charge in [-0.05, 0) is 36.6 Å². The van der Waals surface area contributed by atoms with Crippen molar-refractivity contribution in [2.45, 2.75) is 32.1 Å². The fraction of sp³-hybridized carbons (Fsp3) is 0.364. The zero-order valence-corrected chi connectivity index (χ0v) is 16.6. The summed E-state index contributed by atoms with van der Waals surface area (Å²) in [6, 6.07) is 14.7. The molecule has 0 radical (unpaired) electrons. The van der Waals surface area contributed by atoms with Crippen LogP contribution < -0.4 is 10.2 Å². The van der Waals surface area contributed by atoms with Crippen molar-refractivity contribution in [1.29, 1.82) is 0 Å². The van der Waals surface area contributed by atoms with Gasteiger partial charge in [0, 0.05) is 25.9 Å². The van der Waals surface area contributed by atoms with Gasteiger partial charge >= 0.3 is 12.1 Å². The number of piperidine rings is 1. The van der Waals surface area contributed by atoms with Crippen molar-refractivity contribution in [3.63, 3.8) is 0 Å². The molecule has 1 heterocycles. The van der Waals surface area contributed by atoms with Crippen LogP contribution in [0.1, 0.15) is 27.9 Å². The van der Waals surface area contributed by atoms with Crippen molar-refractivity contribution in [2.24, 2.45) is 0 Å². The summed E-state index contributed by atoms with van der Waals surface area (Å²) < 4.78 is 10.9. The average molecular weight is 398 g/mol. The van der Waals surface area contributed by atoms with Crippen LogP contribution in [0.5, 0.6) is 0 Å². The highest BCUT2D eigenvalue weighted by Gasteiger charge is 2.31. The minimum Gasteiger partial charge on any atom is -0.478 e. The van der Waals surface area contributed by atoms with E-state index in [1.165, 1.54) is 0 Å². The van der Waals surface area contributed by atoms with E-state index in [2.05, 4.69) is 10.2 Å². The quantitative estimate of drug-likeness (QED) is 0.777. The number of carboxylic acids is 1. The van der Waals surface area contributed by atoms with Crippen molar-refractivity contribution in [1.82, 2.24) is 5.32 Å². The Morgan fingerprint density at radius 1 is 1.21 bits per heavy atom. The molecule has 7 heteroatoms. The van der Waals surface area contributed by atoms with Crippen LogP contribution in [-0.4, -0.2) is 49.5 Å². The zero-order valence-electron chi connectivity index (χ0n) is 16.6. The number of alkyl carbamates (subject to hydrolysis) is 1. The molecule has 7 nitrogen and oxygen atoms in total. The summed E-state index contributed by atoms with van der Waals surface area (Å²) in [6.45, 7) is 3.21. The molecule has 1 fully saturated rings. The van der Waals surface area contributed by atoms with E-state index < -0.39 is 12.1 Å². The summed E-state index contributed by atoms with van der Waals surface area (Å²) in [5, 5.41) is 12.3. The van der Waals surface area contributed by atoms with Gasteiger partial charge in [0.1, 0.15) is 6.61 Å². The molecule has 0 saturated carbocycles. The molecule has 2 atom stereocenters. The van der Waals surface area contributed by atoms with Gasteiger partial charge in [0.2, 0.25) is 0 Å². The Labute approximate surface area is 170 Å². The predicted octanol–water partition coefficient (Wildman–Crippen LogP) is 3.21. The fourth-order valence-electron chi connectivity index (χ4n) is 3.51. The lowest BCUT2D eigenvalue weighted by atomic mass is 10.00. The summed E-state index contributed by atoms with van der Waals surface area (Å²) in [7, 11) is 1.61. The van der Waals surface area contributed by atoms with Gasteiger partial charge < -0.3 is 24.8 Å². The summed E-state index contributed by atoms with van der Waals surface area (Å²) in [5.74, 6) is -0.939. The minimum absolute atomic E-state index is 0.177. The fourth-order valence-corrected chi connectivity index (χ4v) is 3.51. The first-order valence-electron chi connectivity index (χ1n) is 9.57. The van der Waals surface area contributed by atoms with E-state index in [4.69, 9.17) is 9.47 Å². The van der Waals surface area contributed by atoms with Crippen LogP contribution in [0, 0.1) is 6.92 Å². The van der Waals surface area contributed by atoms with Crippen LogP contribution in [0.2, 0.25) is 0 Å². The number of anilines is 1. The van der Waals surface area contributed by atoms with E-state index in [0.29, 0.717) is 25.1 Å². The van der Waals surface area contributed by atoms with Crippen LogP contribution in [-0.2, 0) is 16.1 Å². The van der Waals surface area contributed by atoms with Crippen LogP contribution in [0.15, 0.2) is 48.5 Å². The van der Waals surface area contributed by atoms with Gasteiger partial charge in [0.15, 0.2) is 0 Å². The monoisotopic (exact) mass is 398 g/mol. The molecule has 3 rings (SSSR count). The van der Waals surface area contributed by atoms with Gasteiger partial charge in [-0.1, -0.05) is 36.4 Å². The minimum atomic E-state index is -0.939. The van der Waals surface area contributed by atoms with Crippen LogP contribution in [0.3, 0.4) is 0 Å². The maximum Gasteiger partial charge on any atom is 0.407 e. The summed E-state index contributed by atoms with van der Waals surface area (Å²) >= 11 is 0. The Morgan fingerprint density at radius 3 is 2.66 bits per heavy atom. The number of carbonyl (C=O) groups is 2. The number of rotatable bonds is 6. The molecular formula is C22H26N2O5. The molecule has 154 valence electrons.